The van der Waals surface area contributed by atoms with Gasteiger partial charge in [-0.2, -0.15) is 10.2 Å². The van der Waals surface area contributed by atoms with Crippen molar-refractivity contribution in [3.63, 3.8) is 0 Å². The molecule has 5 aromatic heterocycles. The zero-order chi connectivity index (χ0) is 24.3. The number of nitrogens with two attached hydrogens (primary N) is 1. The Bertz CT molecular complexity index is 1790. The first kappa shape index (κ1) is 20.7. The fraction of sp³-hybridized carbons (Fsp3) is 0.174. The molecule has 6 rings (SSSR count). The van der Waals surface area contributed by atoms with Crippen molar-refractivity contribution < 1.29 is 0 Å². The molecule has 0 aliphatic carbocycles. The van der Waals surface area contributed by atoms with Gasteiger partial charge in [-0.25, -0.2) is 19.3 Å². The van der Waals surface area contributed by atoms with Crippen LogP contribution < -0.4 is 11.3 Å². The number of nitrogens with zero attached hydrogens (tertiary/aromatic N) is 10. The van der Waals surface area contributed by atoms with Crippen LogP contribution in [-0.2, 0) is 14.1 Å². The molecule has 0 aliphatic rings. The lowest BCUT2D eigenvalue weighted by Gasteiger charge is -2.09. The van der Waals surface area contributed by atoms with Gasteiger partial charge in [0, 0.05) is 31.2 Å². The minimum Gasteiger partial charge on any atom is -0.383 e. The standard InChI is InChI=1S/C23H21N11O/c1-13(16-11-33(30-28-16)18-8-5-9-31(2)23(18)35)34-22-19(21(24)25-12-26-22)20(29-34)14-6-4-7-17-15(14)10-27-32(17)3/h4-13H,1-3H3,(H2,24,25,26). The van der Waals surface area contributed by atoms with Gasteiger partial charge in [-0.1, -0.05) is 17.3 Å². The quantitative estimate of drug-likeness (QED) is 0.414. The monoisotopic (exact) mass is 467 g/mol. The van der Waals surface area contributed by atoms with E-state index in [0.717, 1.165) is 16.5 Å². The Kier molecular flexibility index (Phi) is 4.49. The summed E-state index contributed by atoms with van der Waals surface area (Å²) in [6.45, 7) is 1.94. The largest absolute Gasteiger partial charge is 0.383 e. The number of hydrogen-bond donors (Lipinski definition) is 1. The van der Waals surface area contributed by atoms with E-state index in [2.05, 4.69) is 25.4 Å². The van der Waals surface area contributed by atoms with Crippen molar-refractivity contribution in [1.82, 2.24) is 49.1 Å². The lowest BCUT2D eigenvalue weighted by Crippen LogP contribution is -2.21. The Balaban J connectivity index is 1.51. The molecular weight excluding hydrogens is 446 g/mol. The van der Waals surface area contributed by atoms with Gasteiger partial charge < -0.3 is 10.3 Å². The summed E-state index contributed by atoms with van der Waals surface area (Å²) in [7, 11) is 3.59. The predicted octanol–water partition coefficient (Wildman–Crippen LogP) is 1.85. The molecule has 12 heteroatoms. The van der Waals surface area contributed by atoms with E-state index in [4.69, 9.17) is 10.8 Å². The van der Waals surface area contributed by atoms with Crippen molar-refractivity contribution in [3.05, 3.63) is 71.3 Å². The third-order valence-electron chi connectivity index (χ3n) is 6.22. The molecule has 0 spiro atoms. The van der Waals surface area contributed by atoms with Crippen LogP contribution in [0.2, 0.25) is 0 Å². The number of hydrogen-bond acceptors (Lipinski definition) is 8. The highest BCUT2D eigenvalue weighted by molar-refractivity contribution is 6.05. The van der Waals surface area contributed by atoms with Crippen LogP contribution in [0.15, 0.2) is 60.0 Å². The van der Waals surface area contributed by atoms with Crippen LogP contribution in [0.25, 0.3) is 38.9 Å². The molecule has 2 N–H and O–H groups in total. The molecular formula is C23H21N11O. The summed E-state index contributed by atoms with van der Waals surface area (Å²) in [6.07, 6.45) is 6.64. The zero-order valence-corrected chi connectivity index (χ0v) is 19.2. The van der Waals surface area contributed by atoms with E-state index in [0.29, 0.717) is 33.9 Å². The molecule has 174 valence electrons. The lowest BCUT2D eigenvalue weighted by atomic mass is 10.1. The molecule has 35 heavy (non-hydrogen) atoms. The summed E-state index contributed by atoms with van der Waals surface area (Å²) in [6, 6.07) is 9.08. The average molecular weight is 467 g/mol. The number of benzene rings is 1. The number of fused-ring (bicyclic) bond motifs is 2. The maximum Gasteiger partial charge on any atom is 0.276 e. The van der Waals surface area contributed by atoms with Crippen LogP contribution in [0, 0.1) is 0 Å². The van der Waals surface area contributed by atoms with Gasteiger partial charge in [0.1, 0.15) is 29.2 Å². The Hall–Kier alpha value is -4.87. The molecule has 0 aliphatic heterocycles. The first-order valence-electron chi connectivity index (χ1n) is 10.9. The Morgan fingerprint density at radius 1 is 1.09 bits per heavy atom. The Morgan fingerprint density at radius 2 is 1.94 bits per heavy atom. The van der Waals surface area contributed by atoms with Crippen LogP contribution in [0.3, 0.4) is 0 Å². The molecule has 6 aromatic rings. The fourth-order valence-electron chi connectivity index (χ4n) is 4.31. The molecule has 0 radical (unpaired) electrons. The Labute approximate surface area is 198 Å². The maximum atomic E-state index is 12.5. The molecule has 0 bridgehead atoms. The predicted molar refractivity (Wildman–Crippen MR) is 130 cm³/mol. The summed E-state index contributed by atoms with van der Waals surface area (Å²) in [5.74, 6) is 0.334. The molecule has 1 aromatic carbocycles. The number of nitrogen functional groups attached to an aromatic ring is 1. The number of aryl methyl sites for hydroxylation is 2. The van der Waals surface area contributed by atoms with Gasteiger partial charge in [0.15, 0.2) is 5.65 Å². The molecule has 1 unspecified atom stereocenters. The Morgan fingerprint density at radius 3 is 2.80 bits per heavy atom. The normalized spacial score (nSPS) is 12.5. The number of aromatic nitrogens is 10. The van der Waals surface area contributed by atoms with Crippen molar-refractivity contribution >= 4 is 27.8 Å². The van der Waals surface area contributed by atoms with Crippen molar-refractivity contribution in [1.29, 1.82) is 0 Å². The summed E-state index contributed by atoms with van der Waals surface area (Å²) in [5.41, 5.74) is 10.2. The third-order valence-corrected chi connectivity index (χ3v) is 6.22. The molecule has 0 fully saturated rings. The molecule has 0 saturated carbocycles. The zero-order valence-electron chi connectivity index (χ0n) is 19.2. The van der Waals surface area contributed by atoms with E-state index in [9.17, 15) is 4.79 Å². The van der Waals surface area contributed by atoms with Crippen molar-refractivity contribution in [2.75, 3.05) is 5.73 Å². The second-order valence-corrected chi connectivity index (χ2v) is 8.33. The van der Waals surface area contributed by atoms with Crippen LogP contribution in [0.5, 0.6) is 0 Å². The molecule has 5 heterocycles. The van der Waals surface area contributed by atoms with Gasteiger partial charge in [-0.05, 0) is 25.1 Å². The number of anilines is 1. The van der Waals surface area contributed by atoms with E-state index in [1.807, 2.05) is 43.0 Å². The van der Waals surface area contributed by atoms with Gasteiger partial charge in [-0.3, -0.25) is 9.48 Å². The van der Waals surface area contributed by atoms with Gasteiger partial charge in [0.2, 0.25) is 0 Å². The van der Waals surface area contributed by atoms with E-state index in [1.54, 1.807) is 36.3 Å². The topological polar surface area (TPSA) is 140 Å². The smallest absolute Gasteiger partial charge is 0.276 e. The van der Waals surface area contributed by atoms with Crippen LogP contribution in [-0.4, -0.2) is 49.1 Å². The highest BCUT2D eigenvalue weighted by atomic mass is 16.1. The van der Waals surface area contributed by atoms with E-state index in [1.165, 1.54) is 15.6 Å². The van der Waals surface area contributed by atoms with Gasteiger partial charge in [0.05, 0.1) is 29.3 Å². The first-order chi connectivity index (χ1) is 16.9. The molecule has 1 atom stereocenters. The highest BCUT2D eigenvalue weighted by Crippen LogP contribution is 2.36. The van der Waals surface area contributed by atoms with Gasteiger partial charge >= 0.3 is 0 Å². The highest BCUT2D eigenvalue weighted by Gasteiger charge is 2.24. The molecule has 0 saturated heterocycles. The second kappa shape index (κ2) is 7.58. The third kappa shape index (κ3) is 3.10. The van der Waals surface area contributed by atoms with E-state index >= 15 is 0 Å². The SMILES string of the molecule is CC(c1cn(-c2cccn(C)c2=O)nn1)n1nc(-c2cccc3c2cnn3C)c2c(N)ncnc21. The summed E-state index contributed by atoms with van der Waals surface area (Å²) in [4.78, 5) is 21.2. The van der Waals surface area contributed by atoms with Crippen LogP contribution in [0.1, 0.15) is 18.7 Å². The number of rotatable bonds is 4. The summed E-state index contributed by atoms with van der Waals surface area (Å²) >= 11 is 0. The molecule has 0 amide bonds. The summed E-state index contributed by atoms with van der Waals surface area (Å²) < 4.78 is 6.54. The minimum absolute atomic E-state index is 0.173. The molecule has 12 nitrogen and oxygen atoms in total. The van der Waals surface area contributed by atoms with Crippen molar-refractivity contribution in [2.24, 2.45) is 14.1 Å². The minimum atomic E-state index is -0.352. The average Bonchev–Trinajstić information content (AvgIpc) is 3.58. The van der Waals surface area contributed by atoms with Crippen molar-refractivity contribution in [3.8, 4) is 16.9 Å². The van der Waals surface area contributed by atoms with Gasteiger partial charge in [-0.15, -0.1) is 5.10 Å². The number of pyridine rings is 1. The fourth-order valence-corrected chi connectivity index (χ4v) is 4.31. The van der Waals surface area contributed by atoms with E-state index < -0.39 is 0 Å². The van der Waals surface area contributed by atoms with Crippen LogP contribution >= 0.6 is 0 Å². The van der Waals surface area contributed by atoms with Gasteiger partial charge in [0.25, 0.3) is 5.56 Å². The second-order valence-electron chi connectivity index (χ2n) is 8.33. The van der Waals surface area contributed by atoms with Crippen molar-refractivity contribution in [2.45, 2.75) is 13.0 Å². The maximum absolute atomic E-state index is 12.5. The lowest BCUT2D eigenvalue weighted by molar-refractivity contribution is 0.565. The first-order valence-corrected chi connectivity index (χ1v) is 10.9. The van der Waals surface area contributed by atoms with E-state index in [-0.39, 0.29) is 11.6 Å². The van der Waals surface area contributed by atoms with Crippen LogP contribution in [0.4, 0.5) is 5.82 Å². The summed E-state index contributed by atoms with van der Waals surface area (Å²) in [5, 5.41) is 19.4.